The molecule has 0 aliphatic carbocycles. The van der Waals surface area contributed by atoms with E-state index in [9.17, 15) is 0 Å². The van der Waals surface area contributed by atoms with Crippen LogP contribution < -0.4 is 5.32 Å². The molecule has 0 saturated heterocycles. The van der Waals surface area contributed by atoms with Crippen LogP contribution in [-0.2, 0) is 0 Å². The lowest BCUT2D eigenvalue weighted by Gasteiger charge is -2.15. The molecule has 2 aromatic rings. The number of nitrogens with zero attached hydrogens (tertiary/aromatic N) is 1. The lowest BCUT2D eigenvalue weighted by atomic mass is 10.1. The van der Waals surface area contributed by atoms with E-state index in [1.165, 1.54) is 10.5 Å². The second-order valence-electron chi connectivity index (χ2n) is 3.89. The number of aromatic nitrogens is 1. The van der Waals surface area contributed by atoms with Crippen molar-refractivity contribution in [3.05, 3.63) is 59.4 Å². The van der Waals surface area contributed by atoms with Gasteiger partial charge in [0, 0.05) is 34.1 Å². The zero-order chi connectivity index (χ0) is 12.8. The third kappa shape index (κ3) is 3.73. The van der Waals surface area contributed by atoms with Crippen LogP contribution >= 0.6 is 23.4 Å². The van der Waals surface area contributed by atoms with E-state index < -0.39 is 0 Å². The van der Waals surface area contributed by atoms with Gasteiger partial charge < -0.3 is 5.32 Å². The first kappa shape index (κ1) is 13.4. The Morgan fingerprint density at radius 3 is 2.67 bits per heavy atom. The van der Waals surface area contributed by atoms with E-state index in [1.807, 2.05) is 55.3 Å². The molecule has 0 aliphatic rings. The fourth-order valence-electron chi connectivity index (χ4n) is 1.64. The highest BCUT2D eigenvalue weighted by Crippen LogP contribution is 2.25. The van der Waals surface area contributed by atoms with Gasteiger partial charge in [0.25, 0.3) is 0 Å². The summed E-state index contributed by atoms with van der Waals surface area (Å²) in [6.07, 6.45) is 3.70. The molecule has 0 fully saturated rings. The van der Waals surface area contributed by atoms with E-state index in [0.29, 0.717) is 6.04 Å². The van der Waals surface area contributed by atoms with Gasteiger partial charge in [0.05, 0.1) is 0 Å². The van der Waals surface area contributed by atoms with Gasteiger partial charge in [0.1, 0.15) is 0 Å². The van der Waals surface area contributed by atoms with E-state index in [1.54, 1.807) is 6.20 Å². The van der Waals surface area contributed by atoms with E-state index in [-0.39, 0.29) is 0 Å². The number of hydrogen-bond acceptors (Lipinski definition) is 3. The average Bonchev–Trinajstić information content (AvgIpc) is 2.43. The minimum atomic E-state index is 0.305. The highest BCUT2D eigenvalue weighted by atomic mass is 35.5. The first-order chi connectivity index (χ1) is 8.79. The van der Waals surface area contributed by atoms with Crippen LogP contribution in [0.1, 0.15) is 11.6 Å². The molecule has 94 valence electrons. The molecule has 4 heteroatoms. The van der Waals surface area contributed by atoms with Crippen molar-refractivity contribution in [3.63, 3.8) is 0 Å². The van der Waals surface area contributed by atoms with Crippen molar-refractivity contribution in [3.8, 4) is 0 Å². The molecule has 2 nitrogen and oxygen atoms in total. The standard InChI is InChI=1S/C14H15ClN2S/c1-16-14(11-3-2-8-17-9-11)10-18-13-6-4-12(15)5-7-13/h2-9,14,16H,10H2,1H3. The summed E-state index contributed by atoms with van der Waals surface area (Å²) in [5, 5.41) is 4.09. The largest absolute Gasteiger partial charge is 0.312 e. The second kappa shape index (κ2) is 6.78. The molecule has 0 bridgehead atoms. The van der Waals surface area contributed by atoms with Crippen LogP contribution in [0.3, 0.4) is 0 Å². The van der Waals surface area contributed by atoms with Crippen LogP contribution in [0.4, 0.5) is 0 Å². The van der Waals surface area contributed by atoms with E-state index in [4.69, 9.17) is 11.6 Å². The van der Waals surface area contributed by atoms with Gasteiger partial charge in [-0.3, -0.25) is 4.98 Å². The molecule has 1 atom stereocenters. The minimum Gasteiger partial charge on any atom is -0.312 e. The molecule has 1 aromatic carbocycles. The van der Waals surface area contributed by atoms with Crippen molar-refractivity contribution >= 4 is 23.4 Å². The number of rotatable bonds is 5. The SMILES string of the molecule is CNC(CSc1ccc(Cl)cc1)c1cccnc1. The average molecular weight is 279 g/mol. The summed E-state index contributed by atoms with van der Waals surface area (Å²) >= 11 is 7.68. The number of nitrogens with one attached hydrogen (secondary N) is 1. The molecule has 0 amide bonds. The summed E-state index contributed by atoms with van der Waals surface area (Å²) < 4.78 is 0. The highest BCUT2D eigenvalue weighted by Gasteiger charge is 2.09. The molecular formula is C14H15ClN2S. The Labute approximate surface area is 117 Å². The van der Waals surface area contributed by atoms with Crippen LogP contribution in [0.15, 0.2) is 53.7 Å². The molecule has 1 unspecified atom stereocenters. The summed E-state index contributed by atoms with van der Waals surface area (Å²) in [5.41, 5.74) is 1.21. The lowest BCUT2D eigenvalue weighted by Crippen LogP contribution is -2.18. The van der Waals surface area contributed by atoms with Crippen molar-refractivity contribution in [2.24, 2.45) is 0 Å². The Morgan fingerprint density at radius 1 is 1.28 bits per heavy atom. The van der Waals surface area contributed by atoms with Gasteiger partial charge >= 0.3 is 0 Å². The monoisotopic (exact) mass is 278 g/mol. The van der Waals surface area contributed by atoms with E-state index in [2.05, 4.69) is 16.4 Å². The molecule has 0 aliphatic heterocycles. The maximum absolute atomic E-state index is 5.87. The van der Waals surface area contributed by atoms with Crippen LogP contribution in [0.2, 0.25) is 5.02 Å². The van der Waals surface area contributed by atoms with Gasteiger partial charge in [-0.15, -0.1) is 11.8 Å². The Balaban J connectivity index is 1.97. The van der Waals surface area contributed by atoms with Gasteiger partial charge in [-0.25, -0.2) is 0 Å². The molecule has 0 radical (unpaired) electrons. The van der Waals surface area contributed by atoms with Crippen molar-refractivity contribution in [2.75, 3.05) is 12.8 Å². The number of pyridine rings is 1. The molecule has 18 heavy (non-hydrogen) atoms. The van der Waals surface area contributed by atoms with Crippen molar-refractivity contribution in [1.82, 2.24) is 10.3 Å². The van der Waals surface area contributed by atoms with Gasteiger partial charge in [0.15, 0.2) is 0 Å². The van der Waals surface area contributed by atoms with Crippen LogP contribution in [0, 0.1) is 0 Å². The summed E-state index contributed by atoms with van der Waals surface area (Å²) in [7, 11) is 1.97. The van der Waals surface area contributed by atoms with Crippen molar-refractivity contribution in [2.45, 2.75) is 10.9 Å². The number of thioether (sulfide) groups is 1. The third-order valence-corrected chi connectivity index (χ3v) is 4.02. The molecule has 1 aromatic heterocycles. The summed E-state index contributed by atoms with van der Waals surface area (Å²) in [5.74, 6) is 0.962. The maximum Gasteiger partial charge on any atom is 0.0428 e. The van der Waals surface area contributed by atoms with Crippen LogP contribution in [0.5, 0.6) is 0 Å². The number of benzene rings is 1. The van der Waals surface area contributed by atoms with Gasteiger partial charge in [-0.05, 0) is 42.9 Å². The fourth-order valence-corrected chi connectivity index (χ4v) is 2.81. The molecular weight excluding hydrogens is 264 g/mol. The summed E-state index contributed by atoms with van der Waals surface area (Å²) in [6, 6.07) is 12.3. The molecule has 1 heterocycles. The zero-order valence-corrected chi connectivity index (χ0v) is 11.7. The highest BCUT2D eigenvalue weighted by molar-refractivity contribution is 7.99. The smallest absolute Gasteiger partial charge is 0.0428 e. The van der Waals surface area contributed by atoms with Crippen molar-refractivity contribution < 1.29 is 0 Å². The summed E-state index contributed by atoms with van der Waals surface area (Å²) in [6.45, 7) is 0. The number of halogens is 1. The number of hydrogen-bond donors (Lipinski definition) is 1. The Kier molecular flexibility index (Phi) is 5.05. The van der Waals surface area contributed by atoms with Crippen molar-refractivity contribution in [1.29, 1.82) is 0 Å². The van der Waals surface area contributed by atoms with Crippen LogP contribution in [-0.4, -0.2) is 17.8 Å². The molecule has 0 spiro atoms. The Hall–Kier alpha value is -1.03. The normalized spacial score (nSPS) is 12.3. The summed E-state index contributed by atoms with van der Waals surface area (Å²) in [4.78, 5) is 5.38. The Bertz CT molecular complexity index is 473. The first-order valence-corrected chi connectivity index (χ1v) is 7.11. The molecule has 0 saturated carbocycles. The zero-order valence-electron chi connectivity index (χ0n) is 10.1. The fraction of sp³-hybridized carbons (Fsp3) is 0.214. The molecule has 1 N–H and O–H groups in total. The van der Waals surface area contributed by atoms with Gasteiger partial charge in [-0.2, -0.15) is 0 Å². The topological polar surface area (TPSA) is 24.9 Å². The molecule has 2 rings (SSSR count). The van der Waals surface area contributed by atoms with Gasteiger partial charge in [-0.1, -0.05) is 17.7 Å². The second-order valence-corrected chi connectivity index (χ2v) is 5.42. The minimum absolute atomic E-state index is 0.305. The Morgan fingerprint density at radius 2 is 2.06 bits per heavy atom. The predicted molar refractivity (Wildman–Crippen MR) is 78.2 cm³/mol. The predicted octanol–water partition coefficient (Wildman–Crippen LogP) is 3.79. The van der Waals surface area contributed by atoms with Gasteiger partial charge in [0.2, 0.25) is 0 Å². The maximum atomic E-state index is 5.87. The first-order valence-electron chi connectivity index (χ1n) is 5.75. The van der Waals surface area contributed by atoms with E-state index in [0.717, 1.165) is 10.8 Å². The lowest BCUT2D eigenvalue weighted by molar-refractivity contribution is 0.659. The third-order valence-electron chi connectivity index (χ3n) is 2.67. The van der Waals surface area contributed by atoms with E-state index >= 15 is 0 Å². The van der Waals surface area contributed by atoms with Crippen LogP contribution in [0.25, 0.3) is 0 Å². The quantitative estimate of drug-likeness (QED) is 0.843.